The van der Waals surface area contributed by atoms with E-state index in [9.17, 15) is 17.6 Å². The fraction of sp³-hybridized carbons (Fsp3) is 0.267. The lowest BCUT2D eigenvalue weighted by Gasteiger charge is -2.15. The zero-order valence-corrected chi connectivity index (χ0v) is 11.3. The van der Waals surface area contributed by atoms with Gasteiger partial charge in [0.15, 0.2) is 0 Å². The summed E-state index contributed by atoms with van der Waals surface area (Å²) in [7, 11) is 0. The molecule has 1 heterocycles. The van der Waals surface area contributed by atoms with Crippen LogP contribution >= 0.6 is 0 Å². The molecule has 0 bridgehead atoms. The molecular formula is C15H14F4N2. The number of anilines is 1. The van der Waals surface area contributed by atoms with Crippen molar-refractivity contribution in [3.8, 4) is 0 Å². The van der Waals surface area contributed by atoms with Crippen LogP contribution in [0.1, 0.15) is 18.2 Å². The van der Waals surface area contributed by atoms with E-state index >= 15 is 0 Å². The molecule has 2 aromatic rings. The SMILES string of the molecule is CC(Cc1ccc(F)cc1)Nc1cccc(C(F)(F)F)n1. The minimum absolute atomic E-state index is 0.133. The van der Waals surface area contributed by atoms with Crippen LogP contribution in [0.15, 0.2) is 42.5 Å². The summed E-state index contributed by atoms with van der Waals surface area (Å²) in [5.41, 5.74) is -0.0372. The number of nitrogens with zero attached hydrogens (tertiary/aromatic N) is 1. The van der Waals surface area contributed by atoms with E-state index in [4.69, 9.17) is 0 Å². The van der Waals surface area contributed by atoms with Gasteiger partial charge < -0.3 is 5.32 Å². The van der Waals surface area contributed by atoms with E-state index < -0.39 is 11.9 Å². The topological polar surface area (TPSA) is 24.9 Å². The lowest BCUT2D eigenvalue weighted by atomic mass is 10.1. The maximum atomic E-state index is 12.8. The molecule has 1 unspecified atom stereocenters. The second kappa shape index (κ2) is 6.11. The molecule has 0 aliphatic rings. The van der Waals surface area contributed by atoms with Crippen molar-refractivity contribution < 1.29 is 17.6 Å². The maximum absolute atomic E-state index is 12.8. The number of benzene rings is 1. The van der Waals surface area contributed by atoms with E-state index in [1.54, 1.807) is 12.1 Å². The van der Waals surface area contributed by atoms with E-state index in [0.717, 1.165) is 11.6 Å². The summed E-state index contributed by atoms with van der Waals surface area (Å²) < 4.78 is 50.5. The summed E-state index contributed by atoms with van der Waals surface area (Å²) in [6.07, 6.45) is -3.91. The van der Waals surface area contributed by atoms with E-state index in [0.29, 0.717) is 6.42 Å². The fourth-order valence-electron chi connectivity index (χ4n) is 1.95. The van der Waals surface area contributed by atoms with Gasteiger partial charge in [0.25, 0.3) is 0 Å². The molecule has 1 atom stereocenters. The molecule has 21 heavy (non-hydrogen) atoms. The van der Waals surface area contributed by atoms with Gasteiger partial charge in [-0.05, 0) is 43.2 Å². The van der Waals surface area contributed by atoms with Crippen LogP contribution in [-0.4, -0.2) is 11.0 Å². The summed E-state index contributed by atoms with van der Waals surface area (Å²) in [6.45, 7) is 1.82. The second-order valence-corrected chi connectivity index (χ2v) is 4.78. The Morgan fingerprint density at radius 3 is 2.38 bits per heavy atom. The molecule has 1 aromatic heterocycles. The Morgan fingerprint density at radius 1 is 1.10 bits per heavy atom. The van der Waals surface area contributed by atoms with Crippen LogP contribution in [0, 0.1) is 5.82 Å². The first-order valence-electron chi connectivity index (χ1n) is 6.40. The fourth-order valence-corrected chi connectivity index (χ4v) is 1.95. The van der Waals surface area contributed by atoms with E-state index in [-0.39, 0.29) is 17.7 Å². The number of halogens is 4. The zero-order valence-electron chi connectivity index (χ0n) is 11.3. The molecule has 2 nitrogen and oxygen atoms in total. The lowest BCUT2D eigenvalue weighted by Crippen LogP contribution is -2.20. The van der Waals surface area contributed by atoms with Gasteiger partial charge in [0, 0.05) is 6.04 Å². The molecule has 0 aliphatic heterocycles. The summed E-state index contributed by atoms with van der Waals surface area (Å²) in [4.78, 5) is 3.54. The van der Waals surface area contributed by atoms with Crippen molar-refractivity contribution in [2.24, 2.45) is 0 Å². The normalized spacial score (nSPS) is 13.0. The molecule has 112 valence electrons. The molecule has 0 amide bonds. The molecule has 6 heteroatoms. The van der Waals surface area contributed by atoms with Gasteiger partial charge in [-0.2, -0.15) is 13.2 Å². The van der Waals surface area contributed by atoms with Crippen molar-refractivity contribution >= 4 is 5.82 Å². The number of pyridine rings is 1. The average molecular weight is 298 g/mol. The lowest BCUT2D eigenvalue weighted by molar-refractivity contribution is -0.141. The van der Waals surface area contributed by atoms with E-state index in [1.807, 2.05) is 6.92 Å². The molecule has 0 fully saturated rings. The summed E-state index contributed by atoms with van der Waals surface area (Å²) >= 11 is 0. The van der Waals surface area contributed by atoms with Gasteiger partial charge in [-0.1, -0.05) is 18.2 Å². The number of hydrogen-bond donors (Lipinski definition) is 1. The average Bonchev–Trinajstić information content (AvgIpc) is 2.41. The van der Waals surface area contributed by atoms with E-state index in [2.05, 4.69) is 10.3 Å². The van der Waals surface area contributed by atoms with Crippen LogP contribution in [0.2, 0.25) is 0 Å². The highest BCUT2D eigenvalue weighted by molar-refractivity contribution is 5.37. The monoisotopic (exact) mass is 298 g/mol. The Morgan fingerprint density at radius 2 is 1.76 bits per heavy atom. The maximum Gasteiger partial charge on any atom is 0.433 e. The van der Waals surface area contributed by atoms with Crippen LogP contribution in [0.4, 0.5) is 23.4 Å². The van der Waals surface area contributed by atoms with Crippen molar-refractivity contribution in [2.45, 2.75) is 25.6 Å². The van der Waals surface area contributed by atoms with Crippen LogP contribution in [-0.2, 0) is 12.6 Å². The highest BCUT2D eigenvalue weighted by atomic mass is 19.4. The molecule has 0 radical (unpaired) electrons. The van der Waals surface area contributed by atoms with Gasteiger partial charge in [0.05, 0.1) is 0 Å². The van der Waals surface area contributed by atoms with Crippen molar-refractivity contribution in [1.29, 1.82) is 0 Å². The van der Waals surface area contributed by atoms with Crippen molar-refractivity contribution in [2.75, 3.05) is 5.32 Å². The van der Waals surface area contributed by atoms with Gasteiger partial charge in [0.2, 0.25) is 0 Å². The van der Waals surface area contributed by atoms with Crippen LogP contribution in [0.25, 0.3) is 0 Å². The smallest absolute Gasteiger partial charge is 0.367 e. The predicted octanol–water partition coefficient (Wildman–Crippen LogP) is 4.28. The number of alkyl halides is 3. The van der Waals surface area contributed by atoms with Crippen LogP contribution in [0.3, 0.4) is 0 Å². The van der Waals surface area contributed by atoms with E-state index in [1.165, 1.54) is 24.3 Å². The van der Waals surface area contributed by atoms with Crippen LogP contribution in [0.5, 0.6) is 0 Å². The Labute approximate surface area is 119 Å². The molecule has 0 aliphatic carbocycles. The quantitative estimate of drug-likeness (QED) is 0.852. The van der Waals surface area contributed by atoms with Crippen molar-refractivity contribution in [3.05, 3.63) is 59.5 Å². The van der Waals surface area contributed by atoms with Crippen molar-refractivity contribution in [3.63, 3.8) is 0 Å². The van der Waals surface area contributed by atoms with Crippen molar-refractivity contribution in [1.82, 2.24) is 4.98 Å². The summed E-state index contributed by atoms with van der Waals surface area (Å²) in [5.74, 6) is -0.154. The summed E-state index contributed by atoms with van der Waals surface area (Å²) in [5, 5.41) is 2.91. The molecule has 2 rings (SSSR count). The predicted molar refractivity (Wildman–Crippen MR) is 72.4 cm³/mol. The Bertz CT molecular complexity index is 593. The zero-order chi connectivity index (χ0) is 15.5. The number of nitrogens with one attached hydrogen (secondary N) is 1. The largest absolute Gasteiger partial charge is 0.433 e. The minimum atomic E-state index is -4.46. The highest BCUT2D eigenvalue weighted by Crippen LogP contribution is 2.28. The second-order valence-electron chi connectivity index (χ2n) is 4.78. The Kier molecular flexibility index (Phi) is 4.45. The molecule has 0 saturated heterocycles. The van der Waals surface area contributed by atoms with Gasteiger partial charge in [-0.15, -0.1) is 0 Å². The summed E-state index contributed by atoms with van der Waals surface area (Å²) in [6, 6.07) is 9.58. The molecule has 1 aromatic carbocycles. The molecule has 1 N–H and O–H groups in total. The number of hydrogen-bond acceptors (Lipinski definition) is 2. The first-order chi connectivity index (χ1) is 9.84. The molecule has 0 saturated carbocycles. The first kappa shape index (κ1) is 15.3. The third-order valence-electron chi connectivity index (χ3n) is 2.89. The standard InChI is InChI=1S/C15H14F4N2/c1-10(9-11-5-7-12(16)8-6-11)20-14-4-2-3-13(21-14)15(17,18)19/h2-8,10H,9H2,1H3,(H,20,21). The van der Waals surface area contributed by atoms with Gasteiger partial charge in [-0.25, -0.2) is 9.37 Å². The third kappa shape index (κ3) is 4.44. The highest BCUT2D eigenvalue weighted by Gasteiger charge is 2.32. The number of aromatic nitrogens is 1. The van der Waals surface area contributed by atoms with Gasteiger partial charge >= 0.3 is 6.18 Å². The minimum Gasteiger partial charge on any atom is -0.367 e. The first-order valence-corrected chi connectivity index (χ1v) is 6.40. The number of rotatable bonds is 4. The molecule has 0 spiro atoms. The van der Waals surface area contributed by atoms with Crippen LogP contribution < -0.4 is 5.32 Å². The van der Waals surface area contributed by atoms with Gasteiger partial charge in [0.1, 0.15) is 17.3 Å². The third-order valence-corrected chi connectivity index (χ3v) is 2.89. The Balaban J connectivity index is 2.02. The van der Waals surface area contributed by atoms with Gasteiger partial charge in [-0.3, -0.25) is 0 Å². The Hall–Kier alpha value is -2.11. The molecular weight excluding hydrogens is 284 g/mol.